The summed E-state index contributed by atoms with van der Waals surface area (Å²) in [4.78, 5) is 50.8. The second-order valence-electron chi connectivity index (χ2n) is 7.68. The van der Waals surface area contributed by atoms with E-state index in [1.54, 1.807) is 19.1 Å². The number of carboxylic acids is 1. The summed E-state index contributed by atoms with van der Waals surface area (Å²) in [6.07, 6.45) is 1.23. The summed E-state index contributed by atoms with van der Waals surface area (Å²) < 4.78 is 5.67. The van der Waals surface area contributed by atoms with Gasteiger partial charge in [0.25, 0.3) is 11.8 Å². The zero-order valence-corrected chi connectivity index (χ0v) is 19.2. The van der Waals surface area contributed by atoms with Gasteiger partial charge in [-0.3, -0.25) is 14.9 Å². The molecule has 4 rings (SSSR count). The largest absolute Gasteiger partial charge is 0.488 e. The van der Waals surface area contributed by atoms with E-state index in [0.717, 1.165) is 10.5 Å². The molecule has 176 valence electrons. The molecular formula is C26H19ClN2O6. The Bertz CT molecular complexity index is 1380. The third-order valence-electron chi connectivity index (χ3n) is 5.36. The Hall–Kier alpha value is -4.43. The number of rotatable bonds is 6. The number of urea groups is 1. The van der Waals surface area contributed by atoms with Crippen LogP contribution in [0.3, 0.4) is 0 Å². The lowest BCUT2D eigenvalue weighted by Crippen LogP contribution is -2.54. The maximum absolute atomic E-state index is 13.2. The molecule has 3 aromatic rings. The Balaban J connectivity index is 1.66. The number of amides is 4. The van der Waals surface area contributed by atoms with Gasteiger partial charge in [0.15, 0.2) is 0 Å². The highest BCUT2D eigenvalue weighted by Crippen LogP contribution is 2.30. The van der Waals surface area contributed by atoms with E-state index in [1.165, 1.54) is 30.3 Å². The van der Waals surface area contributed by atoms with Crippen LogP contribution >= 0.6 is 11.6 Å². The number of halogens is 1. The average molecular weight is 491 g/mol. The molecule has 1 heterocycles. The number of carbonyl (C=O) groups is 4. The molecule has 9 heteroatoms. The minimum atomic E-state index is -1.24. The van der Waals surface area contributed by atoms with Crippen LogP contribution in [-0.4, -0.2) is 28.9 Å². The lowest BCUT2D eigenvalue weighted by Gasteiger charge is -2.27. The summed E-state index contributed by atoms with van der Waals surface area (Å²) in [5, 5.41) is 12.2. The SMILES string of the molecule is Cc1c(Cl)cccc1N1C(=O)NC(=O)/C(=C/c2ccc(OCc3ccccc3)c(C(=O)O)c2)C1=O. The molecule has 0 aliphatic carbocycles. The average Bonchev–Trinajstić information content (AvgIpc) is 2.84. The van der Waals surface area contributed by atoms with E-state index < -0.39 is 23.8 Å². The number of imide groups is 2. The Kier molecular flexibility index (Phi) is 6.66. The van der Waals surface area contributed by atoms with E-state index in [0.29, 0.717) is 10.6 Å². The third kappa shape index (κ3) is 4.92. The first kappa shape index (κ1) is 23.7. The summed E-state index contributed by atoms with van der Waals surface area (Å²) >= 11 is 6.13. The summed E-state index contributed by atoms with van der Waals surface area (Å²) in [7, 11) is 0. The Morgan fingerprint density at radius 2 is 1.80 bits per heavy atom. The van der Waals surface area contributed by atoms with Crippen molar-refractivity contribution in [1.29, 1.82) is 0 Å². The van der Waals surface area contributed by atoms with Crippen molar-refractivity contribution in [3.05, 3.63) is 99.6 Å². The van der Waals surface area contributed by atoms with Gasteiger partial charge in [-0.05, 0) is 54.0 Å². The number of benzene rings is 3. The zero-order valence-electron chi connectivity index (χ0n) is 18.4. The fraction of sp³-hybridized carbons (Fsp3) is 0.0769. The molecule has 0 aromatic heterocycles. The van der Waals surface area contributed by atoms with Crippen molar-refractivity contribution in [2.24, 2.45) is 0 Å². The Labute approximate surface area is 205 Å². The topological polar surface area (TPSA) is 113 Å². The number of nitrogens with one attached hydrogen (secondary N) is 1. The lowest BCUT2D eigenvalue weighted by atomic mass is 10.0. The number of aromatic carboxylic acids is 1. The van der Waals surface area contributed by atoms with Crippen molar-refractivity contribution in [1.82, 2.24) is 5.32 Å². The molecule has 0 saturated carbocycles. The van der Waals surface area contributed by atoms with Crippen molar-refractivity contribution < 1.29 is 29.0 Å². The molecule has 2 N–H and O–H groups in total. The molecule has 0 bridgehead atoms. The minimum Gasteiger partial charge on any atom is -0.488 e. The normalized spacial score (nSPS) is 14.7. The van der Waals surface area contributed by atoms with Crippen LogP contribution in [0.5, 0.6) is 5.75 Å². The predicted molar refractivity (Wildman–Crippen MR) is 129 cm³/mol. The Morgan fingerprint density at radius 3 is 2.51 bits per heavy atom. The molecule has 35 heavy (non-hydrogen) atoms. The molecule has 1 fully saturated rings. The van der Waals surface area contributed by atoms with E-state index in [2.05, 4.69) is 5.32 Å². The first-order valence-electron chi connectivity index (χ1n) is 10.5. The van der Waals surface area contributed by atoms with Crippen LogP contribution in [-0.2, 0) is 16.2 Å². The zero-order chi connectivity index (χ0) is 25.1. The van der Waals surface area contributed by atoms with Gasteiger partial charge in [-0.25, -0.2) is 14.5 Å². The molecular weight excluding hydrogens is 472 g/mol. The van der Waals surface area contributed by atoms with Gasteiger partial charge in [-0.1, -0.05) is 54.1 Å². The number of barbiturate groups is 1. The highest BCUT2D eigenvalue weighted by molar-refractivity contribution is 6.40. The fourth-order valence-corrected chi connectivity index (χ4v) is 3.72. The van der Waals surface area contributed by atoms with Gasteiger partial charge in [-0.15, -0.1) is 0 Å². The van der Waals surface area contributed by atoms with Crippen LogP contribution in [0.4, 0.5) is 10.5 Å². The minimum absolute atomic E-state index is 0.134. The monoisotopic (exact) mass is 490 g/mol. The van der Waals surface area contributed by atoms with Crippen molar-refractivity contribution in [3.8, 4) is 5.75 Å². The second-order valence-corrected chi connectivity index (χ2v) is 8.08. The Morgan fingerprint density at radius 1 is 1.06 bits per heavy atom. The number of carboxylic acid groups (broad SMARTS) is 1. The van der Waals surface area contributed by atoms with Gasteiger partial charge in [0.2, 0.25) is 0 Å². The van der Waals surface area contributed by atoms with E-state index >= 15 is 0 Å². The van der Waals surface area contributed by atoms with Crippen molar-refractivity contribution >= 4 is 47.2 Å². The van der Waals surface area contributed by atoms with E-state index in [1.807, 2.05) is 30.3 Å². The molecule has 1 saturated heterocycles. The number of nitrogens with zero attached hydrogens (tertiary/aromatic N) is 1. The van der Waals surface area contributed by atoms with E-state index in [-0.39, 0.29) is 34.7 Å². The van der Waals surface area contributed by atoms with Crippen molar-refractivity contribution in [2.75, 3.05) is 4.90 Å². The van der Waals surface area contributed by atoms with Gasteiger partial charge >= 0.3 is 12.0 Å². The van der Waals surface area contributed by atoms with Crippen LogP contribution in [0.1, 0.15) is 27.0 Å². The lowest BCUT2D eigenvalue weighted by molar-refractivity contribution is -0.122. The summed E-state index contributed by atoms with van der Waals surface area (Å²) in [6, 6.07) is 17.3. The van der Waals surface area contributed by atoms with Crippen LogP contribution in [0.25, 0.3) is 6.08 Å². The predicted octanol–water partition coefficient (Wildman–Crippen LogP) is 4.59. The second kappa shape index (κ2) is 9.82. The number of hydrogen-bond acceptors (Lipinski definition) is 5. The molecule has 0 radical (unpaired) electrons. The van der Waals surface area contributed by atoms with Gasteiger partial charge in [-0.2, -0.15) is 0 Å². The highest BCUT2D eigenvalue weighted by atomic mass is 35.5. The molecule has 0 unspecified atom stereocenters. The molecule has 0 spiro atoms. The molecule has 1 aliphatic heterocycles. The molecule has 3 aromatic carbocycles. The van der Waals surface area contributed by atoms with Gasteiger partial charge in [0, 0.05) is 5.02 Å². The first-order valence-corrected chi connectivity index (χ1v) is 10.8. The fourth-order valence-electron chi connectivity index (χ4n) is 3.55. The van der Waals surface area contributed by atoms with Crippen LogP contribution in [0, 0.1) is 6.92 Å². The smallest absolute Gasteiger partial charge is 0.339 e. The first-order chi connectivity index (χ1) is 16.8. The third-order valence-corrected chi connectivity index (χ3v) is 5.77. The van der Waals surface area contributed by atoms with Crippen LogP contribution < -0.4 is 15.0 Å². The maximum atomic E-state index is 13.2. The molecule has 8 nitrogen and oxygen atoms in total. The van der Waals surface area contributed by atoms with Crippen molar-refractivity contribution in [2.45, 2.75) is 13.5 Å². The van der Waals surface area contributed by atoms with Crippen LogP contribution in [0.15, 0.2) is 72.3 Å². The van der Waals surface area contributed by atoms with Gasteiger partial charge in [0.05, 0.1) is 5.69 Å². The molecule has 4 amide bonds. The standard InChI is InChI=1S/C26H19ClN2O6/c1-15-20(27)8-5-9-21(15)29-24(31)19(23(30)28-26(29)34)13-17-10-11-22(18(12-17)25(32)33)35-14-16-6-3-2-4-7-16/h2-13H,14H2,1H3,(H,32,33)(H,28,30,34)/b19-13-. The number of hydrogen-bond donors (Lipinski definition) is 2. The van der Waals surface area contributed by atoms with Crippen molar-refractivity contribution in [3.63, 3.8) is 0 Å². The van der Waals surface area contributed by atoms with Crippen LogP contribution in [0.2, 0.25) is 5.02 Å². The summed E-state index contributed by atoms with van der Waals surface area (Å²) in [5.74, 6) is -2.85. The number of anilines is 1. The van der Waals surface area contributed by atoms with Gasteiger partial charge in [0.1, 0.15) is 23.5 Å². The van der Waals surface area contributed by atoms with E-state index in [4.69, 9.17) is 16.3 Å². The summed E-state index contributed by atoms with van der Waals surface area (Å²) in [6.45, 7) is 1.81. The number of carbonyl (C=O) groups excluding carboxylic acids is 3. The molecule has 0 atom stereocenters. The molecule has 1 aliphatic rings. The number of ether oxygens (including phenoxy) is 1. The highest BCUT2D eigenvalue weighted by Gasteiger charge is 2.37. The van der Waals surface area contributed by atoms with Gasteiger partial charge < -0.3 is 9.84 Å². The van der Waals surface area contributed by atoms with E-state index in [9.17, 15) is 24.3 Å². The summed E-state index contributed by atoms with van der Waals surface area (Å²) in [5.41, 5.74) is 1.37. The quantitative estimate of drug-likeness (QED) is 0.386. The maximum Gasteiger partial charge on any atom is 0.339 e.